The van der Waals surface area contributed by atoms with Crippen molar-refractivity contribution < 1.29 is 23.4 Å². The van der Waals surface area contributed by atoms with Gasteiger partial charge in [0.15, 0.2) is 0 Å². The normalized spacial score (nSPS) is 18.1. The van der Waals surface area contributed by atoms with Gasteiger partial charge in [-0.1, -0.05) is 109 Å². The largest absolute Gasteiger partial charge is 0.460 e. The maximum absolute atomic E-state index is 13.2. The molecule has 41 heavy (non-hydrogen) atoms. The van der Waals surface area contributed by atoms with E-state index in [0.717, 1.165) is 16.5 Å². The Morgan fingerprint density at radius 3 is 1.95 bits per heavy atom. The molecule has 0 radical (unpaired) electrons. The molecule has 1 fully saturated rings. The van der Waals surface area contributed by atoms with E-state index in [-0.39, 0.29) is 29.6 Å². The molecule has 1 saturated heterocycles. The van der Waals surface area contributed by atoms with Gasteiger partial charge >= 0.3 is 5.97 Å². The Morgan fingerprint density at radius 2 is 1.44 bits per heavy atom. The lowest BCUT2D eigenvalue weighted by molar-refractivity contribution is -0.157. The molecule has 0 bridgehead atoms. The van der Waals surface area contributed by atoms with Crippen molar-refractivity contribution in [1.29, 1.82) is 0 Å². The topological polar surface area (TPSA) is 57.3 Å². The minimum absolute atomic E-state index is 0.0365. The lowest BCUT2D eigenvalue weighted by Gasteiger charge is -2.45. The van der Waals surface area contributed by atoms with Crippen LogP contribution in [0.2, 0.25) is 5.04 Å². The fourth-order valence-corrected chi connectivity index (χ4v) is 10.3. The molecule has 3 aromatic carbocycles. The van der Waals surface area contributed by atoms with Crippen LogP contribution < -0.4 is 10.4 Å². The van der Waals surface area contributed by atoms with Gasteiger partial charge in [0.25, 0.3) is 8.32 Å². The zero-order valence-electron chi connectivity index (χ0n) is 25.1. The van der Waals surface area contributed by atoms with Gasteiger partial charge in [0.1, 0.15) is 11.7 Å². The minimum atomic E-state index is -2.90. The van der Waals surface area contributed by atoms with Crippen molar-refractivity contribution in [2.75, 3.05) is 6.61 Å². The van der Waals surface area contributed by atoms with Gasteiger partial charge in [-0.25, -0.2) is 0 Å². The second-order valence-electron chi connectivity index (χ2n) is 12.7. The van der Waals surface area contributed by atoms with Gasteiger partial charge in [0.2, 0.25) is 0 Å². The summed E-state index contributed by atoms with van der Waals surface area (Å²) in [5, 5.41) is 2.12. The first-order valence-corrected chi connectivity index (χ1v) is 17.1. The lowest BCUT2D eigenvalue weighted by atomic mass is 10.1. The molecule has 3 aromatic rings. The van der Waals surface area contributed by atoms with Crippen LogP contribution >= 0.6 is 15.9 Å². The molecule has 1 aliphatic heterocycles. The standard InChI is InChI=1S/C34H43BrO5Si/c1-33(2,3)39-31(36)23-30(32-29(38-32)21-22-37-24-25-17-19-26(35)20-18-25)40-41(34(4,5)6,27-13-9-7-10-14-27)28-15-11-8-12-16-28/h7-20,29-30,32H,21-24H2,1-6H3/t29-,30+,32+/m1/s1. The van der Waals surface area contributed by atoms with Crippen molar-refractivity contribution in [1.82, 2.24) is 0 Å². The number of rotatable bonds is 12. The third-order valence-electron chi connectivity index (χ3n) is 7.25. The Bertz CT molecular complexity index is 1210. The molecular weight excluding hydrogens is 596 g/mol. The molecule has 0 N–H and O–H groups in total. The van der Waals surface area contributed by atoms with E-state index in [1.807, 2.05) is 45.0 Å². The molecule has 1 heterocycles. The number of halogens is 1. The van der Waals surface area contributed by atoms with Crippen LogP contribution in [0, 0.1) is 0 Å². The predicted molar refractivity (Wildman–Crippen MR) is 170 cm³/mol. The second kappa shape index (κ2) is 13.3. The molecule has 0 aromatic heterocycles. The van der Waals surface area contributed by atoms with E-state index in [2.05, 4.69) is 97.4 Å². The highest BCUT2D eigenvalue weighted by Crippen LogP contribution is 2.41. The molecule has 5 nitrogen and oxygen atoms in total. The van der Waals surface area contributed by atoms with E-state index in [1.54, 1.807) is 0 Å². The zero-order valence-corrected chi connectivity index (χ0v) is 27.6. The number of carbonyl (C=O) groups is 1. The zero-order chi connectivity index (χ0) is 29.7. The fourth-order valence-electron chi connectivity index (χ4n) is 5.38. The van der Waals surface area contributed by atoms with Crippen LogP contribution in [0.3, 0.4) is 0 Å². The van der Waals surface area contributed by atoms with Gasteiger partial charge in [-0.05, 0) is 60.3 Å². The van der Waals surface area contributed by atoms with Gasteiger partial charge in [0.05, 0.1) is 25.2 Å². The molecule has 0 saturated carbocycles. The second-order valence-corrected chi connectivity index (χ2v) is 17.9. The first-order chi connectivity index (χ1) is 19.4. The molecule has 7 heteroatoms. The summed E-state index contributed by atoms with van der Waals surface area (Å²) in [6.07, 6.45) is 0.164. The average Bonchev–Trinajstić information content (AvgIpc) is 3.69. The number of benzene rings is 3. The molecule has 0 amide bonds. The summed E-state index contributed by atoms with van der Waals surface area (Å²) < 4.78 is 26.4. The summed E-state index contributed by atoms with van der Waals surface area (Å²) in [5.74, 6) is -0.277. The summed E-state index contributed by atoms with van der Waals surface area (Å²) in [4.78, 5) is 13.2. The van der Waals surface area contributed by atoms with Crippen LogP contribution in [0.5, 0.6) is 0 Å². The van der Waals surface area contributed by atoms with Crippen LogP contribution in [0.1, 0.15) is 59.9 Å². The number of hydrogen-bond donors (Lipinski definition) is 0. The number of carbonyl (C=O) groups excluding carboxylic acids is 1. The van der Waals surface area contributed by atoms with Gasteiger partial charge in [-0.15, -0.1) is 0 Å². The fraction of sp³-hybridized carbons (Fsp3) is 0.441. The average molecular weight is 640 g/mol. The molecule has 0 aliphatic carbocycles. The highest BCUT2D eigenvalue weighted by atomic mass is 79.9. The highest BCUT2D eigenvalue weighted by molar-refractivity contribution is 9.10. The van der Waals surface area contributed by atoms with Crippen molar-refractivity contribution in [2.45, 2.75) is 89.9 Å². The lowest BCUT2D eigenvalue weighted by Crippen LogP contribution is -2.68. The van der Waals surface area contributed by atoms with E-state index in [4.69, 9.17) is 18.6 Å². The molecule has 0 unspecified atom stereocenters. The van der Waals surface area contributed by atoms with Gasteiger partial charge in [-0.2, -0.15) is 0 Å². The van der Waals surface area contributed by atoms with E-state index >= 15 is 0 Å². The Hall–Kier alpha value is -2.29. The first kappa shape index (κ1) is 31.6. The van der Waals surface area contributed by atoms with Crippen molar-refractivity contribution in [3.63, 3.8) is 0 Å². The molecule has 4 rings (SSSR count). The SMILES string of the molecule is CC(C)(C)OC(=O)C[C@H](O[Si](c1ccccc1)(c1ccccc1)C(C)(C)C)[C@H]1O[C@@H]1CCOCc1ccc(Br)cc1. The molecule has 3 atom stereocenters. The van der Waals surface area contributed by atoms with E-state index in [9.17, 15) is 4.79 Å². The third kappa shape index (κ3) is 8.39. The minimum Gasteiger partial charge on any atom is -0.460 e. The van der Waals surface area contributed by atoms with E-state index < -0.39 is 20.0 Å². The van der Waals surface area contributed by atoms with Crippen LogP contribution in [0.4, 0.5) is 0 Å². The highest BCUT2D eigenvalue weighted by Gasteiger charge is 2.55. The Morgan fingerprint density at radius 1 is 0.878 bits per heavy atom. The Kier molecular flexibility index (Phi) is 10.3. The van der Waals surface area contributed by atoms with E-state index in [1.165, 1.54) is 10.4 Å². The number of esters is 1. The third-order valence-corrected chi connectivity index (χ3v) is 12.8. The van der Waals surface area contributed by atoms with Crippen molar-refractivity contribution in [3.05, 3.63) is 95.0 Å². The predicted octanol–water partition coefficient (Wildman–Crippen LogP) is 6.80. The van der Waals surface area contributed by atoms with Crippen LogP contribution in [0.15, 0.2) is 89.4 Å². The summed E-state index contributed by atoms with van der Waals surface area (Å²) in [6.45, 7) is 13.5. The van der Waals surface area contributed by atoms with Crippen molar-refractivity contribution >= 4 is 40.6 Å². The monoisotopic (exact) mass is 638 g/mol. The molecule has 1 aliphatic rings. The van der Waals surface area contributed by atoms with Gasteiger partial charge in [-0.3, -0.25) is 4.79 Å². The maximum atomic E-state index is 13.2. The van der Waals surface area contributed by atoms with Crippen LogP contribution in [0.25, 0.3) is 0 Å². The van der Waals surface area contributed by atoms with Crippen molar-refractivity contribution in [2.24, 2.45) is 0 Å². The number of ether oxygens (including phenoxy) is 3. The van der Waals surface area contributed by atoms with Gasteiger partial charge < -0.3 is 18.6 Å². The smallest absolute Gasteiger partial charge is 0.308 e. The molecule has 0 spiro atoms. The van der Waals surface area contributed by atoms with Crippen LogP contribution in [-0.2, 0) is 30.0 Å². The first-order valence-electron chi connectivity index (χ1n) is 14.4. The summed E-state index contributed by atoms with van der Waals surface area (Å²) in [5.41, 5.74) is 0.545. The molecule has 220 valence electrons. The van der Waals surface area contributed by atoms with E-state index in [0.29, 0.717) is 13.2 Å². The van der Waals surface area contributed by atoms with Crippen LogP contribution in [-0.4, -0.2) is 44.8 Å². The summed E-state index contributed by atoms with van der Waals surface area (Å²) in [6, 6.07) is 29.1. The van der Waals surface area contributed by atoms with Crippen molar-refractivity contribution in [3.8, 4) is 0 Å². The van der Waals surface area contributed by atoms with Gasteiger partial charge in [0, 0.05) is 11.1 Å². The maximum Gasteiger partial charge on any atom is 0.308 e. The summed E-state index contributed by atoms with van der Waals surface area (Å²) in [7, 11) is -2.90. The summed E-state index contributed by atoms with van der Waals surface area (Å²) >= 11 is 3.47. The molecular formula is C34H43BrO5Si. The number of epoxide rings is 1. The Balaban J connectivity index is 1.57. The Labute approximate surface area is 254 Å². The quantitative estimate of drug-likeness (QED) is 0.0945. The number of hydrogen-bond acceptors (Lipinski definition) is 5.